The van der Waals surface area contributed by atoms with E-state index in [4.69, 9.17) is 14.2 Å². The number of ether oxygens (including phenoxy) is 4. The highest BCUT2D eigenvalue weighted by Gasteiger charge is 2.28. The Balaban J connectivity index is 2.42. The van der Waals surface area contributed by atoms with Gasteiger partial charge in [0.15, 0.2) is 0 Å². The molecule has 0 bridgehead atoms. The van der Waals surface area contributed by atoms with Crippen LogP contribution in [-0.2, 0) is 19.1 Å². The molecule has 0 fully saturated rings. The highest BCUT2D eigenvalue weighted by molar-refractivity contribution is 7.19. The molecule has 2 amide bonds. The highest BCUT2D eigenvalue weighted by Crippen LogP contribution is 2.35. The highest BCUT2D eigenvalue weighted by atomic mass is 32.1. The normalized spacial score (nSPS) is 10.1. The number of amides is 2. The Kier molecular flexibility index (Phi) is 7.97. The van der Waals surface area contributed by atoms with Gasteiger partial charge in [0, 0.05) is 6.07 Å². The van der Waals surface area contributed by atoms with Crippen LogP contribution in [0, 0.1) is 6.92 Å². The molecule has 2 aromatic rings. The van der Waals surface area contributed by atoms with Crippen LogP contribution in [-0.4, -0.2) is 51.7 Å². The molecule has 31 heavy (non-hydrogen) atoms. The molecule has 0 saturated heterocycles. The zero-order valence-corrected chi connectivity index (χ0v) is 18.4. The first-order chi connectivity index (χ1) is 14.8. The maximum Gasteiger partial charge on any atom is 0.397 e. The fourth-order valence-electron chi connectivity index (χ4n) is 2.61. The third-order valence-electron chi connectivity index (χ3n) is 4.09. The van der Waals surface area contributed by atoms with Crippen molar-refractivity contribution in [3.63, 3.8) is 0 Å². The van der Waals surface area contributed by atoms with Crippen molar-refractivity contribution in [2.75, 3.05) is 38.6 Å². The van der Waals surface area contributed by atoms with Gasteiger partial charge in [0.05, 0.1) is 44.1 Å². The van der Waals surface area contributed by atoms with Crippen molar-refractivity contribution in [2.24, 2.45) is 0 Å². The smallest absolute Gasteiger partial charge is 0.397 e. The zero-order chi connectivity index (χ0) is 23.1. The van der Waals surface area contributed by atoms with Gasteiger partial charge in [0.2, 0.25) is 0 Å². The lowest BCUT2D eigenvalue weighted by atomic mass is 10.1. The van der Waals surface area contributed by atoms with Gasteiger partial charge in [-0.3, -0.25) is 9.59 Å². The van der Waals surface area contributed by atoms with Crippen molar-refractivity contribution in [3.05, 3.63) is 34.2 Å². The molecule has 0 aliphatic heterocycles. The molecule has 0 radical (unpaired) electrons. The molecule has 0 aliphatic rings. The van der Waals surface area contributed by atoms with Crippen LogP contribution in [0.3, 0.4) is 0 Å². The average molecular weight is 450 g/mol. The number of benzene rings is 1. The lowest BCUT2D eigenvalue weighted by Crippen LogP contribution is -2.25. The second-order valence-corrected chi connectivity index (χ2v) is 6.97. The summed E-state index contributed by atoms with van der Waals surface area (Å²) in [6.07, 6.45) is 0. The van der Waals surface area contributed by atoms with E-state index in [2.05, 4.69) is 15.4 Å². The number of nitrogens with one attached hydrogen (secondary N) is 2. The molecule has 0 atom stereocenters. The summed E-state index contributed by atoms with van der Waals surface area (Å²) < 4.78 is 19.8. The van der Waals surface area contributed by atoms with E-state index in [1.54, 1.807) is 25.1 Å². The number of methoxy groups -OCH3 is 3. The molecular weight excluding hydrogens is 428 g/mol. The van der Waals surface area contributed by atoms with Gasteiger partial charge in [0.1, 0.15) is 16.5 Å². The van der Waals surface area contributed by atoms with Gasteiger partial charge in [-0.15, -0.1) is 11.3 Å². The molecule has 1 heterocycles. The molecule has 0 spiro atoms. The Morgan fingerprint density at radius 2 is 1.74 bits per heavy atom. The number of hydrogen-bond donors (Lipinski definition) is 2. The molecule has 2 rings (SSSR count). The Morgan fingerprint density at radius 1 is 1.03 bits per heavy atom. The van der Waals surface area contributed by atoms with Crippen LogP contribution >= 0.6 is 11.3 Å². The molecule has 0 saturated carbocycles. The van der Waals surface area contributed by atoms with Crippen LogP contribution in [0.25, 0.3) is 0 Å². The SMILES string of the molecule is CCOC(=O)C(=O)Nc1sc(C(=O)Nc2cc(OC)ccc2OC)c(C)c1C(=O)OC. The summed E-state index contributed by atoms with van der Waals surface area (Å²) in [6.45, 7) is 3.09. The third-order valence-corrected chi connectivity index (χ3v) is 5.29. The van der Waals surface area contributed by atoms with Gasteiger partial charge in [-0.05, 0) is 31.5 Å². The van der Waals surface area contributed by atoms with Gasteiger partial charge < -0.3 is 29.6 Å². The summed E-state index contributed by atoms with van der Waals surface area (Å²) in [4.78, 5) is 49.0. The molecular formula is C20H22N2O8S. The Bertz CT molecular complexity index is 1010. The third kappa shape index (κ3) is 5.31. The number of esters is 2. The lowest BCUT2D eigenvalue weighted by Gasteiger charge is -2.11. The van der Waals surface area contributed by atoms with Gasteiger partial charge in [-0.2, -0.15) is 0 Å². The minimum absolute atomic E-state index is 0.00911. The van der Waals surface area contributed by atoms with E-state index in [9.17, 15) is 19.2 Å². The predicted octanol–water partition coefficient (Wildman–Crippen LogP) is 2.61. The number of carbonyl (C=O) groups is 4. The summed E-state index contributed by atoms with van der Waals surface area (Å²) in [5.74, 6) is -2.63. The molecule has 2 N–H and O–H groups in total. The van der Waals surface area contributed by atoms with Crippen LogP contribution in [0.2, 0.25) is 0 Å². The molecule has 0 unspecified atom stereocenters. The fraction of sp³-hybridized carbons (Fsp3) is 0.300. The Hall–Kier alpha value is -3.60. The summed E-state index contributed by atoms with van der Waals surface area (Å²) in [7, 11) is 4.10. The van der Waals surface area contributed by atoms with E-state index in [1.807, 2.05) is 0 Å². The van der Waals surface area contributed by atoms with Crippen molar-refractivity contribution < 1.29 is 38.1 Å². The van der Waals surface area contributed by atoms with Crippen molar-refractivity contribution >= 4 is 45.8 Å². The van der Waals surface area contributed by atoms with E-state index in [-0.39, 0.29) is 27.6 Å². The fourth-order valence-corrected chi connectivity index (χ4v) is 3.69. The number of hydrogen-bond acceptors (Lipinski definition) is 9. The predicted molar refractivity (Wildman–Crippen MR) is 113 cm³/mol. The van der Waals surface area contributed by atoms with Crippen molar-refractivity contribution in [2.45, 2.75) is 13.8 Å². The topological polar surface area (TPSA) is 129 Å². The number of anilines is 2. The van der Waals surface area contributed by atoms with Gasteiger partial charge >= 0.3 is 17.8 Å². The summed E-state index contributed by atoms with van der Waals surface area (Å²) in [6, 6.07) is 4.87. The van der Waals surface area contributed by atoms with Crippen LogP contribution in [0.1, 0.15) is 32.5 Å². The summed E-state index contributed by atoms with van der Waals surface area (Å²) in [5, 5.41) is 5.00. The Morgan fingerprint density at radius 3 is 2.32 bits per heavy atom. The standard InChI is InChI=1S/C20H22N2O8S/c1-6-30-20(26)17(24)22-18-14(19(25)29-5)10(2)15(31-18)16(23)21-12-9-11(27-3)7-8-13(12)28-4/h7-9H,6H2,1-5H3,(H,21,23)(H,22,24). The van der Waals surface area contributed by atoms with Crippen molar-refractivity contribution in [1.82, 2.24) is 0 Å². The maximum atomic E-state index is 12.9. The molecule has 10 nitrogen and oxygen atoms in total. The summed E-state index contributed by atoms with van der Waals surface area (Å²) in [5.41, 5.74) is 0.583. The summed E-state index contributed by atoms with van der Waals surface area (Å²) >= 11 is 0.820. The van der Waals surface area contributed by atoms with Crippen molar-refractivity contribution in [3.8, 4) is 11.5 Å². The number of rotatable bonds is 7. The van der Waals surface area contributed by atoms with Crippen LogP contribution in [0.15, 0.2) is 18.2 Å². The van der Waals surface area contributed by atoms with Gasteiger partial charge in [-0.1, -0.05) is 0 Å². The lowest BCUT2D eigenvalue weighted by molar-refractivity contribution is -0.152. The minimum atomic E-state index is -1.11. The van der Waals surface area contributed by atoms with Crippen LogP contribution < -0.4 is 20.1 Å². The molecule has 166 valence electrons. The van der Waals surface area contributed by atoms with E-state index in [1.165, 1.54) is 21.1 Å². The van der Waals surface area contributed by atoms with Crippen LogP contribution in [0.5, 0.6) is 11.5 Å². The molecule has 11 heteroatoms. The average Bonchev–Trinajstić information content (AvgIpc) is 3.08. The first-order valence-electron chi connectivity index (χ1n) is 9.00. The van der Waals surface area contributed by atoms with Crippen molar-refractivity contribution in [1.29, 1.82) is 0 Å². The van der Waals surface area contributed by atoms with E-state index in [0.29, 0.717) is 17.2 Å². The van der Waals surface area contributed by atoms with E-state index in [0.717, 1.165) is 18.4 Å². The second kappa shape index (κ2) is 10.4. The Labute approximate surface area is 182 Å². The monoisotopic (exact) mass is 450 g/mol. The first kappa shape index (κ1) is 23.7. The number of thiophene rings is 1. The van der Waals surface area contributed by atoms with E-state index >= 15 is 0 Å². The quantitative estimate of drug-likeness (QED) is 0.486. The van der Waals surface area contributed by atoms with Crippen LogP contribution in [0.4, 0.5) is 10.7 Å². The number of carbonyl (C=O) groups excluding carboxylic acids is 4. The zero-order valence-electron chi connectivity index (χ0n) is 17.6. The molecule has 1 aromatic carbocycles. The van der Waals surface area contributed by atoms with Gasteiger partial charge in [0.25, 0.3) is 5.91 Å². The van der Waals surface area contributed by atoms with Gasteiger partial charge in [-0.25, -0.2) is 9.59 Å². The largest absolute Gasteiger partial charge is 0.497 e. The maximum absolute atomic E-state index is 12.9. The molecule has 1 aromatic heterocycles. The first-order valence-corrected chi connectivity index (χ1v) is 9.82. The second-order valence-electron chi connectivity index (χ2n) is 5.95. The van der Waals surface area contributed by atoms with E-state index < -0.39 is 23.8 Å². The molecule has 0 aliphatic carbocycles. The minimum Gasteiger partial charge on any atom is -0.497 e.